The Hall–Kier alpha value is -1.82. The maximum absolute atomic E-state index is 12.4. The van der Waals surface area contributed by atoms with Crippen molar-refractivity contribution < 1.29 is 104 Å². The van der Waals surface area contributed by atoms with Crippen LogP contribution in [0.25, 0.3) is 0 Å². The molecule has 15 N–H and O–H groups in total. The van der Waals surface area contributed by atoms with Gasteiger partial charge in [-0.15, -0.1) is 0 Å². The Bertz CT molecular complexity index is 1090. The number of carbonyl (C=O) groups is 2. The molecule has 0 aromatic rings. The molecular weight excluding hydrogens is 700 g/mol. The van der Waals surface area contributed by atoms with Crippen LogP contribution in [-0.2, 0) is 38.0 Å². The van der Waals surface area contributed by atoms with Crippen molar-refractivity contribution in [2.75, 3.05) is 33.0 Å². The van der Waals surface area contributed by atoms with Crippen LogP contribution in [0.5, 0.6) is 0 Å². The third kappa shape index (κ3) is 10.2. The summed E-state index contributed by atoms with van der Waals surface area (Å²) < 4.78 is 33.8. The minimum atomic E-state index is -2.09. The first kappa shape index (κ1) is 43.6. The van der Waals surface area contributed by atoms with Gasteiger partial charge >= 0.3 is 0 Å². The maximum atomic E-state index is 12.4. The lowest BCUT2D eigenvalue weighted by Crippen LogP contribution is -2.70. The summed E-state index contributed by atoms with van der Waals surface area (Å²) in [5.41, 5.74) is 0. The average Bonchev–Trinajstić information content (AvgIpc) is 3.10. The third-order valence-corrected chi connectivity index (χ3v) is 8.67. The molecule has 3 saturated heterocycles. The number of rotatable bonds is 16. The Morgan fingerprint density at radius 1 is 0.627 bits per heavy atom. The first-order chi connectivity index (χ1) is 24.0. The molecule has 23 nitrogen and oxygen atoms in total. The van der Waals surface area contributed by atoms with Crippen molar-refractivity contribution in [3.8, 4) is 0 Å². The number of hydrogen-bond acceptors (Lipinski definition) is 21. The highest BCUT2D eigenvalue weighted by Gasteiger charge is 2.55. The van der Waals surface area contributed by atoms with Gasteiger partial charge in [-0.1, -0.05) is 0 Å². The van der Waals surface area contributed by atoms with Crippen LogP contribution in [0.2, 0.25) is 0 Å². The summed E-state index contributed by atoms with van der Waals surface area (Å²) in [5, 5.41) is 139. The van der Waals surface area contributed by atoms with E-state index in [9.17, 15) is 76.0 Å². The molecule has 298 valence electrons. The molecule has 3 rings (SSSR count). The van der Waals surface area contributed by atoms with Crippen LogP contribution in [0.15, 0.2) is 0 Å². The number of carbonyl (C=O) groups excluding carboxylic acids is 2. The lowest BCUT2D eigenvalue weighted by molar-refractivity contribution is -0.376. The SMILES string of the molecule is CC(=O)N[C@H]1[C@@H](O[C@@H]([C@@H](O)[C@H](O)CO)[C@H](CO)NC(C)=O)O[C@H](CO)[C@H](O)[C@@H]1O[C@@H]1O[C@H](CO)[C@H](O)[C@H](O[C@H]2O[C@H](CO)[C@H](O)[C@H](O)[C@H]2O)[C@H]1O. The molecule has 3 fully saturated rings. The van der Waals surface area contributed by atoms with E-state index in [1.54, 1.807) is 0 Å². The molecule has 0 spiro atoms. The van der Waals surface area contributed by atoms with Gasteiger partial charge in [-0.2, -0.15) is 0 Å². The van der Waals surface area contributed by atoms with Gasteiger partial charge in [0.05, 0.1) is 39.1 Å². The van der Waals surface area contributed by atoms with E-state index in [0.717, 1.165) is 13.8 Å². The van der Waals surface area contributed by atoms with Crippen LogP contribution in [0.3, 0.4) is 0 Å². The van der Waals surface area contributed by atoms with Gasteiger partial charge in [0, 0.05) is 13.8 Å². The average molecular weight is 751 g/mol. The van der Waals surface area contributed by atoms with Gasteiger partial charge in [-0.25, -0.2) is 0 Å². The zero-order valence-corrected chi connectivity index (χ0v) is 27.6. The van der Waals surface area contributed by atoms with E-state index in [1.807, 2.05) is 0 Å². The van der Waals surface area contributed by atoms with E-state index in [1.165, 1.54) is 0 Å². The van der Waals surface area contributed by atoms with E-state index in [0.29, 0.717) is 0 Å². The highest BCUT2D eigenvalue weighted by molar-refractivity contribution is 5.73. The van der Waals surface area contributed by atoms with Crippen molar-refractivity contribution in [1.82, 2.24) is 10.6 Å². The molecule has 0 radical (unpaired) electrons. The predicted octanol–water partition coefficient (Wildman–Crippen LogP) is -9.83. The number of aliphatic hydroxyl groups is 13. The van der Waals surface area contributed by atoms with E-state index < -0.39 is 161 Å². The third-order valence-electron chi connectivity index (χ3n) is 8.67. The Kier molecular flexibility index (Phi) is 16.7. The largest absolute Gasteiger partial charge is 0.394 e. The molecule has 3 heterocycles. The quantitative estimate of drug-likeness (QED) is 0.0696. The highest BCUT2D eigenvalue weighted by Crippen LogP contribution is 2.33. The zero-order valence-electron chi connectivity index (χ0n) is 27.6. The lowest BCUT2D eigenvalue weighted by atomic mass is 9.94. The second-order valence-corrected chi connectivity index (χ2v) is 12.4. The molecule has 19 atom stereocenters. The maximum Gasteiger partial charge on any atom is 0.217 e. The smallest absolute Gasteiger partial charge is 0.217 e. The van der Waals surface area contributed by atoms with Crippen molar-refractivity contribution in [3.05, 3.63) is 0 Å². The summed E-state index contributed by atoms with van der Waals surface area (Å²) in [7, 11) is 0. The molecule has 3 aliphatic rings. The summed E-state index contributed by atoms with van der Waals surface area (Å²) in [5.74, 6) is -1.52. The number of aliphatic hydroxyl groups excluding tert-OH is 13. The molecular formula is C28H50N2O21. The van der Waals surface area contributed by atoms with Gasteiger partial charge in [-0.3, -0.25) is 9.59 Å². The van der Waals surface area contributed by atoms with E-state index >= 15 is 0 Å². The van der Waals surface area contributed by atoms with Gasteiger partial charge in [0.15, 0.2) is 18.9 Å². The molecule has 51 heavy (non-hydrogen) atoms. The van der Waals surface area contributed by atoms with Crippen LogP contribution >= 0.6 is 0 Å². The summed E-state index contributed by atoms with van der Waals surface area (Å²) in [4.78, 5) is 24.2. The molecule has 0 aromatic heterocycles. The van der Waals surface area contributed by atoms with Crippen molar-refractivity contribution >= 4 is 11.8 Å². The van der Waals surface area contributed by atoms with Crippen LogP contribution in [0, 0.1) is 0 Å². The van der Waals surface area contributed by atoms with Crippen molar-refractivity contribution in [2.24, 2.45) is 0 Å². The Morgan fingerprint density at radius 3 is 1.61 bits per heavy atom. The predicted molar refractivity (Wildman–Crippen MR) is 159 cm³/mol. The zero-order chi connectivity index (χ0) is 38.3. The molecule has 0 aliphatic carbocycles. The second-order valence-electron chi connectivity index (χ2n) is 12.4. The minimum Gasteiger partial charge on any atom is -0.394 e. The summed E-state index contributed by atoms with van der Waals surface area (Å²) in [6.07, 6.45) is -31.3. The first-order valence-corrected chi connectivity index (χ1v) is 16.0. The van der Waals surface area contributed by atoms with E-state index in [-0.39, 0.29) is 0 Å². The van der Waals surface area contributed by atoms with Gasteiger partial charge in [0.25, 0.3) is 0 Å². The van der Waals surface area contributed by atoms with Gasteiger partial charge in [0.2, 0.25) is 11.8 Å². The lowest BCUT2D eigenvalue weighted by Gasteiger charge is -2.49. The fraction of sp³-hybridized carbons (Fsp3) is 0.929. The topological polar surface area (TPSA) is 377 Å². The van der Waals surface area contributed by atoms with Crippen LogP contribution in [0.4, 0.5) is 0 Å². The molecule has 0 aromatic carbocycles. The number of hydrogen-bond donors (Lipinski definition) is 15. The highest BCUT2D eigenvalue weighted by atomic mass is 16.7. The van der Waals surface area contributed by atoms with E-state index in [4.69, 9.17) is 28.4 Å². The summed E-state index contributed by atoms with van der Waals surface area (Å²) in [6.45, 7) is -2.52. The normalized spacial score (nSPS) is 41.3. The standard InChI is InChI=1S/C28H50N2O21/c1-8(36)29-10(3-31)23(16(39)11(38)4-32)49-26-15(30-9(2)37)24(18(41)13(6-34)46-26)50-28-22(45)25(19(42)14(7-35)48-28)51-27-21(44)20(43)17(40)12(5-33)47-27/h10-28,31-35,38-45H,3-7H2,1-2H3,(H,29,36)(H,30,37)/t10-,11+,12+,13+,14+,15+,16-,17-,18-,19-,20-,21+,22+,23+,24+,25-,26+,27+,28-/m0/s1. The molecule has 0 saturated carbocycles. The Balaban J connectivity index is 1.98. The Morgan fingerprint density at radius 2 is 1.12 bits per heavy atom. The summed E-state index contributed by atoms with van der Waals surface area (Å²) >= 11 is 0. The number of ether oxygens (including phenoxy) is 6. The molecule has 3 aliphatic heterocycles. The second kappa shape index (κ2) is 19.5. The molecule has 23 heteroatoms. The van der Waals surface area contributed by atoms with Crippen molar-refractivity contribution in [3.63, 3.8) is 0 Å². The number of nitrogens with one attached hydrogen (secondary N) is 2. The van der Waals surface area contributed by atoms with E-state index in [2.05, 4.69) is 10.6 Å². The van der Waals surface area contributed by atoms with Gasteiger partial charge < -0.3 is 105 Å². The summed E-state index contributed by atoms with van der Waals surface area (Å²) in [6, 6.07) is -3.15. The van der Waals surface area contributed by atoms with Gasteiger partial charge in [-0.05, 0) is 0 Å². The minimum absolute atomic E-state index is 0.717. The van der Waals surface area contributed by atoms with Crippen LogP contribution in [0.1, 0.15) is 13.8 Å². The molecule has 0 unspecified atom stereocenters. The van der Waals surface area contributed by atoms with Crippen LogP contribution < -0.4 is 10.6 Å². The fourth-order valence-electron chi connectivity index (χ4n) is 5.94. The van der Waals surface area contributed by atoms with Gasteiger partial charge in [0.1, 0.15) is 91.5 Å². The van der Waals surface area contributed by atoms with Crippen molar-refractivity contribution in [2.45, 2.75) is 130 Å². The monoisotopic (exact) mass is 750 g/mol. The van der Waals surface area contributed by atoms with Crippen LogP contribution in [-0.4, -0.2) is 228 Å². The molecule has 2 amide bonds. The first-order valence-electron chi connectivity index (χ1n) is 16.0. The Labute approximate surface area is 290 Å². The fourth-order valence-corrected chi connectivity index (χ4v) is 5.94. The number of amides is 2. The van der Waals surface area contributed by atoms with Crippen molar-refractivity contribution in [1.29, 1.82) is 0 Å². The molecule has 0 bridgehead atoms.